The highest BCUT2D eigenvalue weighted by Gasteiger charge is 2.15. The minimum Gasteiger partial charge on any atom is -0.444 e. The van der Waals surface area contributed by atoms with Gasteiger partial charge in [0.2, 0.25) is 0 Å². The molecule has 6 heteroatoms. The third-order valence-electron chi connectivity index (χ3n) is 1.76. The highest BCUT2D eigenvalue weighted by Crippen LogP contribution is 2.11. The molecule has 0 bridgehead atoms. The highest BCUT2D eigenvalue weighted by atomic mass is 32.2. The lowest BCUT2D eigenvalue weighted by Gasteiger charge is -2.19. The van der Waals surface area contributed by atoms with E-state index in [0.717, 1.165) is 17.3 Å². The number of hydrogen-bond acceptors (Lipinski definition) is 5. The van der Waals surface area contributed by atoms with Crippen molar-refractivity contribution in [3.05, 3.63) is 18.5 Å². The fourth-order valence-corrected chi connectivity index (χ4v) is 1.84. The van der Waals surface area contributed by atoms with Crippen LogP contribution in [-0.2, 0) is 4.74 Å². The lowest BCUT2D eigenvalue weighted by molar-refractivity contribution is 0.0528. The Hall–Kier alpha value is -1.30. The summed E-state index contributed by atoms with van der Waals surface area (Å²) < 4.78 is 5.12. The summed E-state index contributed by atoms with van der Waals surface area (Å²) in [5.74, 6) is 0.861. The van der Waals surface area contributed by atoms with Crippen molar-refractivity contribution in [3.63, 3.8) is 0 Å². The van der Waals surface area contributed by atoms with E-state index >= 15 is 0 Å². The Morgan fingerprint density at radius 2 is 2.06 bits per heavy atom. The molecule has 1 heterocycles. The van der Waals surface area contributed by atoms with Crippen molar-refractivity contribution in [1.82, 2.24) is 15.3 Å². The molecule has 18 heavy (non-hydrogen) atoms. The summed E-state index contributed by atoms with van der Waals surface area (Å²) in [6, 6.07) is 1.79. The molecule has 0 unspecified atom stereocenters. The Kier molecular flexibility index (Phi) is 5.91. The summed E-state index contributed by atoms with van der Waals surface area (Å²) in [5.41, 5.74) is -0.448. The van der Waals surface area contributed by atoms with Crippen LogP contribution in [0.1, 0.15) is 27.2 Å². The van der Waals surface area contributed by atoms with Crippen LogP contribution in [0.4, 0.5) is 4.79 Å². The molecule has 5 nitrogen and oxygen atoms in total. The fourth-order valence-electron chi connectivity index (χ4n) is 1.10. The van der Waals surface area contributed by atoms with Crippen LogP contribution in [0.3, 0.4) is 0 Å². The van der Waals surface area contributed by atoms with Crippen LogP contribution in [0.15, 0.2) is 23.6 Å². The molecule has 0 aromatic carbocycles. The van der Waals surface area contributed by atoms with Crippen molar-refractivity contribution in [3.8, 4) is 0 Å². The standard InChI is InChI=1S/C12H19N3O2S/c1-12(2,3)17-11(16)15-8-5-9-18-10-13-6-4-7-14-10/h4,6-7H,5,8-9H2,1-3H3,(H,15,16). The zero-order valence-electron chi connectivity index (χ0n) is 11.0. The molecule has 0 radical (unpaired) electrons. The number of ether oxygens (including phenoxy) is 1. The number of aromatic nitrogens is 2. The number of nitrogens with zero attached hydrogens (tertiary/aromatic N) is 2. The van der Waals surface area contributed by atoms with Crippen LogP contribution in [-0.4, -0.2) is 34.0 Å². The maximum absolute atomic E-state index is 11.3. The highest BCUT2D eigenvalue weighted by molar-refractivity contribution is 7.99. The van der Waals surface area contributed by atoms with Crippen molar-refractivity contribution < 1.29 is 9.53 Å². The topological polar surface area (TPSA) is 64.1 Å². The summed E-state index contributed by atoms with van der Waals surface area (Å²) in [4.78, 5) is 19.5. The lowest BCUT2D eigenvalue weighted by Crippen LogP contribution is -2.33. The lowest BCUT2D eigenvalue weighted by atomic mass is 10.2. The predicted octanol–water partition coefficient (Wildman–Crippen LogP) is 2.48. The first-order chi connectivity index (χ1) is 8.47. The van der Waals surface area contributed by atoms with Gasteiger partial charge in [-0.1, -0.05) is 11.8 Å². The first-order valence-corrected chi connectivity index (χ1v) is 6.82. The smallest absolute Gasteiger partial charge is 0.407 e. The summed E-state index contributed by atoms with van der Waals surface area (Å²) in [6.07, 6.45) is 3.91. The van der Waals surface area contributed by atoms with Gasteiger partial charge in [-0.2, -0.15) is 0 Å². The number of carbonyl (C=O) groups excluding carboxylic acids is 1. The molecule has 1 N–H and O–H groups in total. The monoisotopic (exact) mass is 269 g/mol. The largest absolute Gasteiger partial charge is 0.444 e. The minimum atomic E-state index is -0.448. The van der Waals surface area contributed by atoms with Gasteiger partial charge in [-0.3, -0.25) is 0 Å². The van der Waals surface area contributed by atoms with E-state index in [4.69, 9.17) is 4.74 Å². The Labute approximate surface area is 112 Å². The molecule has 0 aliphatic carbocycles. The number of carbonyl (C=O) groups is 1. The Balaban J connectivity index is 2.07. The van der Waals surface area contributed by atoms with Crippen LogP contribution < -0.4 is 5.32 Å². The van der Waals surface area contributed by atoms with Gasteiger partial charge in [0.05, 0.1) is 0 Å². The maximum atomic E-state index is 11.3. The van der Waals surface area contributed by atoms with Gasteiger partial charge in [0, 0.05) is 24.7 Å². The molecule has 0 atom stereocenters. The van der Waals surface area contributed by atoms with E-state index in [1.54, 1.807) is 30.2 Å². The molecule has 0 fully saturated rings. The van der Waals surface area contributed by atoms with Crippen LogP contribution in [0.2, 0.25) is 0 Å². The average Bonchev–Trinajstić information content (AvgIpc) is 2.27. The van der Waals surface area contributed by atoms with Crippen molar-refractivity contribution in [1.29, 1.82) is 0 Å². The van der Waals surface area contributed by atoms with E-state index in [1.807, 2.05) is 20.8 Å². The predicted molar refractivity (Wildman–Crippen MR) is 71.6 cm³/mol. The van der Waals surface area contributed by atoms with Gasteiger partial charge in [0.1, 0.15) is 5.60 Å². The third kappa shape index (κ3) is 7.11. The summed E-state index contributed by atoms with van der Waals surface area (Å²) in [7, 11) is 0. The first kappa shape index (κ1) is 14.8. The zero-order valence-corrected chi connectivity index (χ0v) is 11.8. The van der Waals surface area contributed by atoms with Crippen molar-refractivity contribution >= 4 is 17.9 Å². The quantitative estimate of drug-likeness (QED) is 0.505. The van der Waals surface area contributed by atoms with E-state index in [2.05, 4.69) is 15.3 Å². The maximum Gasteiger partial charge on any atom is 0.407 e. The van der Waals surface area contributed by atoms with Gasteiger partial charge in [-0.05, 0) is 33.3 Å². The fraction of sp³-hybridized carbons (Fsp3) is 0.583. The molecule has 1 rings (SSSR count). The minimum absolute atomic E-state index is 0.372. The van der Waals surface area contributed by atoms with Gasteiger partial charge >= 0.3 is 6.09 Å². The Morgan fingerprint density at radius 1 is 1.39 bits per heavy atom. The average molecular weight is 269 g/mol. The number of nitrogens with one attached hydrogen (secondary N) is 1. The van der Waals surface area contributed by atoms with Crippen LogP contribution in [0.25, 0.3) is 0 Å². The van der Waals surface area contributed by atoms with E-state index in [-0.39, 0.29) is 6.09 Å². The van der Waals surface area contributed by atoms with E-state index < -0.39 is 5.60 Å². The van der Waals surface area contributed by atoms with Gasteiger partial charge in [0.15, 0.2) is 5.16 Å². The van der Waals surface area contributed by atoms with Gasteiger partial charge in [0.25, 0.3) is 0 Å². The number of alkyl carbamates (subject to hydrolysis) is 1. The molecule has 100 valence electrons. The second kappa shape index (κ2) is 7.20. The van der Waals surface area contributed by atoms with Crippen LogP contribution in [0, 0.1) is 0 Å². The first-order valence-electron chi connectivity index (χ1n) is 5.84. The molecule has 0 saturated heterocycles. The third-order valence-corrected chi connectivity index (χ3v) is 2.72. The molecule has 1 aromatic rings. The van der Waals surface area contributed by atoms with Gasteiger partial charge in [-0.15, -0.1) is 0 Å². The second-order valence-electron chi connectivity index (χ2n) is 4.66. The SMILES string of the molecule is CC(C)(C)OC(=O)NCCCSc1ncccn1. The second-order valence-corrected chi connectivity index (χ2v) is 5.72. The molecule has 0 saturated carbocycles. The van der Waals surface area contributed by atoms with Gasteiger partial charge in [-0.25, -0.2) is 14.8 Å². The summed E-state index contributed by atoms with van der Waals surface area (Å²) in [5, 5.41) is 3.47. The number of amides is 1. The molecular formula is C12H19N3O2S. The molecular weight excluding hydrogens is 250 g/mol. The van der Waals surface area contributed by atoms with Crippen molar-refractivity contribution in [2.45, 2.75) is 37.9 Å². The van der Waals surface area contributed by atoms with Crippen molar-refractivity contribution in [2.24, 2.45) is 0 Å². The van der Waals surface area contributed by atoms with Crippen molar-refractivity contribution in [2.75, 3.05) is 12.3 Å². The number of rotatable bonds is 5. The summed E-state index contributed by atoms with van der Waals surface area (Å²) in [6.45, 7) is 6.12. The molecule has 0 aliphatic heterocycles. The van der Waals surface area contributed by atoms with E-state index in [1.165, 1.54) is 0 Å². The number of thioether (sulfide) groups is 1. The van der Waals surface area contributed by atoms with E-state index in [9.17, 15) is 4.79 Å². The molecule has 0 spiro atoms. The molecule has 0 aliphatic rings. The van der Waals surface area contributed by atoms with Crippen LogP contribution >= 0.6 is 11.8 Å². The Morgan fingerprint density at radius 3 is 2.67 bits per heavy atom. The number of hydrogen-bond donors (Lipinski definition) is 1. The normalized spacial score (nSPS) is 11.1. The Bertz CT molecular complexity index is 365. The molecule has 1 amide bonds. The summed E-state index contributed by atoms with van der Waals surface area (Å²) >= 11 is 1.57. The van der Waals surface area contributed by atoms with Gasteiger partial charge < -0.3 is 10.1 Å². The molecule has 1 aromatic heterocycles. The van der Waals surface area contributed by atoms with Crippen LogP contribution in [0.5, 0.6) is 0 Å². The zero-order chi connectivity index (χ0) is 13.4. The van der Waals surface area contributed by atoms with E-state index in [0.29, 0.717) is 6.54 Å².